The molecule has 3 nitrogen and oxygen atoms in total. The van der Waals surface area contributed by atoms with E-state index in [9.17, 15) is 0 Å². The third kappa shape index (κ3) is 1.83. The molecule has 0 amide bonds. The number of aryl methyl sites for hydroxylation is 1. The second-order valence-electron chi connectivity index (χ2n) is 3.83. The average Bonchev–Trinajstić information content (AvgIpc) is 2.57. The van der Waals surface area contributed by atoms with Gasteiger partial charge in [0.05, 0.1) is 17.3 Å². The molecule has 0 aromatic carbocycles. The summed E-state index contributed by atoms with van der Waals surface area (Å²) in [6.45, 7) is 6.12. The van der Waals surface area contributed by atoms with Gasteiger partial charge in [0, 0.05) is 5.69 Å². The van der Waals surface area contributed by atoms with E-state index >= 15 is 0 Å². The van der Waals surface area contributed by atoms with Crippen LogP contribution >= 0.6 is 11.6 Å². The molecule has 0 aliphatic heterocycles. The lowest BCUT2D eigenvalue weighted by atomic mass is 10.2. The van der Waals surface area contributed by atoms with Gasteiger partial charge in [0.25, 0.3) is 0 Å². The van der Waals surface area contributed by atoms with Crippen LogP contribution in [0, 0.1) is 20.8 Å². The minimum absolute atomic E-state index is 0.423. The van der Waals surface area contributed by atoms with E-state index in [1.165, 1.54) is 5.56 Å². The molecule has 84 valence electrons. The van der Waals surface area contributed by atoms with Crippen molar-refractivity contribution in [3.63, 3.8) is 0 Å². The SMILES string of the molecule is Cc1nn(-c2cccc(CCl)n2)c(C)c1C. The number of rotatable bonds is 2. The minimum Gasteiger partial charge on any atom is -0.232 e. The Labute approximate surface area is 100 Å². The third-order valence-electron chi connectivity index (χ3n) is 2.80. The van der Waals surface area contributed by atoms with E-state index in [1.807, 2.05) is 36.7 Å². The lowest BCUT2D eigenvalue weighted by Gasteiger charge is -2.04. The maximum Gasteiger partial charge on any atom is 0.153 e. The molecule has 2 heterocycles. The lowest BCUT2D eigenvalue weighted by Crippen LogP contribution is -2.03. The molecule has 0 unspecified atom stereocenters. The molecule has 2 aromatic heterocycles. The Morgan fingerprint density at radius 2 is 2.00 bits per heavy atom. The Kier molecular flexibility index (Phi) is 2.97. The van der Waals surface area contributed by atoms with E-state index in [4.69, 9.17) is 11.6 Å². The first-order valence-corrected chi connectivity index (χ1v) is 5.72. The molecule has 0 saturated heterocycles. The Bertz CT molecular complexity index is 517. The molecule has 16 heavy (non-hydrogen) atoms. The highest BCUT2D eigenvalue weighted by Crippen LogP contribution is 2.15. The van der Waals surface area contributed by atoms with E-state index in [2.05, 4.69) is 17.0 Å². The standard InChI is InChI=1S/C12H14ClN3/c1-8-9(2)15-16(10(8)3)12-6-4-5-11(7-13)14-12/h4-6H,7H2,1-3H3. The molecular formula is C12H14ClN3. The largest absolute Gasteiger partial charge is 0.232 e. The number of halogens is 1. The summed E-state index contributed by atoms with van der Waals surface area (Å²) in [5, 5.41) is 4.47. The van der Waals surface area contributed by atoms with Gasteiger partial charge in [-0.25, -0.2) is 9.67 Å². The van der Waals surface area contributed by atoms with Crippen LogP contribution < -0.4 is 0 Å². The van der Waals surface area contributed by atoms with Crippen LogP contribution in [0.15, 0.2) is 18.2 Å². The van der Waals surface area contributed by atoms with Crippen molar-refractivity contribution in [1.82, 2.24) is 14.8 Å². The zero-order chi connectivity index (χ0) is 11.7. The van der Waals surface area contributed by atoms with Crippen LogP contribution in [0.1, 0.15) is 22.6 Å². The van der Waals surface area contributed by atoms with E-state index in [0.717, 1.165) is 22.9 Å². The number of hydrogen-bond donors (Lipinski definition) is 0. The van der Waals surface area contributed by atoms with Gasteiger partial charge in [-0.3, -0.25) is 0 Å². The highest BCUT2D eigenvalue weighted by molar-refractivity contribution is 6.16. The van der Waals surface area contributed by atoms with Crippen LogP contribution in [0.25, 0.3) is 5.82 Å². The summed E-state index contributed by atoms with van der Waals surface area (Å²) in [4.78, 5) is 4.45. The van der Waals surface area contributed by atoms with Crippen molar-refractivity contribution < 1.29 is 0 Å². The fourth-order valence-corrected chi connectivity index (χ4v) is 1.75. The summed E-state index contributed by atoms with van der Waals surface area (Å²) < 4.78 is 1.86. The minimum atomic E-state index is 0.423. The molecule has 0 aliphatic rings. The molecule has 0 aliphatic carbocycles. The summed E-state index contributed by atoms with van der Waals surface area (Å²) in [5.74, 6) is 1.25. The van der Waals surface area contributed by atoms with Crippen LogP contribution in [-0.2, 0) is 5.88 Å². The van der Waals surface area contributed by atoms with Gasteiger partial charge in [0.15, 0.2) is 5.82 Å². The third-order valence-corrected chi connectivity index (χ3v) is 3.07. The molecule has 0 spiro atoms. The van der Waals surface area contributed by atoms with Crippen molar-refractivity contribution in [1.29, 1.82) is 0 Å². The fraction of sp³-hybridized carbons (Fsp3) is 0.333. The van der Waals surface area contributed by atoms with Gasteiger partial charge in [-0.15, -0.1) is 11.6 Å². The van der Waals surface area contributed by atoms with Crippen molar-refractivity contribution in [3.8, 4) is 5.82 Å². The predicted molar refractivity (Wildman–Crippen MR) is 65.1 cm³/mol. The maximum absolute atomic E-state index is 5.77. The van der Waals surface area contributed by atoms with Gasteiger partial charge in [-0.2, -0.15) is 5.10 Å². The zero-order valence-electron chi connectivity index (χ0n) is 9.66. The molecule has 0 radical (unpaired) electrons. The van der Waals surface area contributed by atoms with Crippen molar-refractivity contribution >= 4 is 11.6 Å². The lowest BCUT2D eigenvalue weighted by molar-refractivity contribution is 0.800. The van der Waals surface area contributed by atoms with E-state index < -0.39 is 0 Å². The average molecular weight is 236 g/mol. The van der Waals surface area contributed by atoms with Crippen LogP contribution in [0.4, 0.5) is 0 Å². The zero-order valence-corrected chi connectivity index (χ0v) is 10.4. The van der Waals surface area contributed by atoms with Gasteiger partial charge >= 0.3 is 0 Å². The Balaban J connectivity index is 2.54. The normalized spacial score (nSPS) is 10.8. The number of alkyl halides is 1. The molecule has 0 fully saturated rings. The van der Waals surface area contributed by atoms with Gasteiger partial charge in [0.2, 0.25) is 0 Å². The van der Waals surface area contributed by atoms with Gasteiger partial charge in [-0.1, -0.05) is 6.07 Å². The number of hydrogen-bond acceptors (Lipinski definition) is 2. The second-order valence-corrected chi connectivity index (χ2v) is 4.10. The maximum atomic E-state index is 5.77. The van der Waals surface area contributed by atoms with Crippen molar-refractivity contribution in [3.05, 3.63) is 40.8 Å². The summed E-state index contributed by atoms with van der Waals surface area (Å²) >= 11 is 5.77. The molecule has 2 aromatic rings. The quantitative estimate of drug-likeness (QED) is 0.750. The van der Waals surface area contributed by atoms with Crippen LogP contribution in [0.3, 0.4) is 0 Å². The van der Waals surface area contributed by atoms with Crippen LogP contribution in [0.5, 0.6) is 0 Å². The summed E-state index contributed by atoms with van der Waals surface area (Å²) in [6.07, 6.45) is 0. The fourth-order valence-electron chi connectivity index (χ4n) is 1.60. The Morgan fingerprint density at radius 3 is 2.56 bits per heavy atom. The molecule has 0 saturated carbocycles. The van der Waals surface area contributed by atoms with Gasteiger partial charge in [0.1, 0.15) is 0 Å². The highest BCUT2D eigenvalue weighted by atomic mass is 35.5. The molecule has 0 atom stereocenters. The monoisotopic (exact) mass is 235 g/mol. The Morgan fingerprint density at radius 1 is 1.25 bits per heavy atom. The summed E-state index contributed by atoms with van der Waals surface area (Å²) in [6, 6.07) is 5.80. The van der Waals surface area contributed by atoms with Crippen molar-refractivity contribution in [2.24, 2.45) is 0 Å². The predicted octanol–water partition coefficient (Wildman–Crippen LogP) is 2.93. The number of aromatic nitrogens is 3. The van der Waals surface area contributed by atoms with Crippen LogP contribution in [0.2, 0.25) is 0 Å². The second kappa shape index (κ2) is 4.26. The topological polar surface area (TPSA) is 30.7 Å². The first-order chi connectivity index (χ1) is 7.63. The molecule has 2 rings (SSSR count). The Hall–Kier alpha value is -1.35. The number of pyridine rings is 1. The van der Waals surface area contributed by atoms with Gasteiger partial charge in [-0.05, 0) is 38.5 Å². The van der Waals surface area contributed by atoms with Crippen molar-refractivity contribution in [2.75, 3.05) is 0 Å². The van der Waals surface area contributed by atoms with Crippen molar-refractivity contribution in [2.45, 2.75) is 26.7 Å². The highest BCUT2D eigenvalue weighted by Gasteiger charge is 2.09. The van der Waals surface area contributed by atoms with E-state index in [1.54, 1.807) is 0 Å². The summed E-state index contributed by atoms with van der Waals surface area (Å²) in [5.41, 5.74) is 4.23. The molecule has 0 bridgehead atoms. The van der Waals surface area contributed by atoms with E-state index in [-0.39, 0.29) is 0 Å². The van der Waals surface area contributed by atoms with Gasteiger partial charge < -0.3 is 0 Å². The first-order valence-electron chi connectivity index (χ1n) is 5.18. The molecule has 0 N–H and O–H groups in total. The van der Waals surface area contributed by atoms with Crippen LogP contribution in [-0.4, -0.2) is 14.8 Å². The molecule has 4 heteroatoms. The first kappa shape index (κ1) is 11.1. The molecular weight excluding hydrogens is 222 g/mol. The smallest absolute Gasteiger partial charge is 0.153 e. The number of nitrogens with zero attached hydrogens (tertiary/aromatic N) is 3. The summed E-state index contributed by atoms with van der Waals surface area (Å²) in [7, 11) is 0. The van der Waals surface area contributed by atoms with E-state index in [0.29, 0.717) is 5.88 Å².